The molecule has 0 saturated heterocycles. The summed E-state index contributed by atoms with van der Waals surface area (Å²) >= 11 is 0. The van der Waals surface area contributed by atoms with Crippen molar-refractivity contribution in [3.8, 4) is 17.2 Å². The van der Waals surface area contributed by atoms with Gasteiger partial charge >= 0.3 is 5.69 Å². The molecule has 1 heterocycles. The Kier molecular flexibility index (Phi) is 8.68. The Hall–Kier alpha value is -4.86. The highest BCUT2D eigenvalue weighted by Crippen LogP contribution is 2.31. The van der Waals surface area contributed by atoms with Crippen LogP contribution in [0.3, 0.4) is 0 Å². The van der Waals surface area contributed by atoms with E-state index in [1.807, 2.05) is 6.92 Å². The first kappa shape index (κ1) is 28.2. The molecular formula is C30H31N3O7. The fourth-order valence-corrected chi connectivity index (χ4v) is 4.49. The van der Waals surface area contributed by atoms with Gasteiger partial charge in [0.15, 0.2) is 11.5 Å². The van der Waals surface area contributed by atoms with Crippen LogP contribution in [0.25, 0.3) is 10.9 Å². The van der Waals surface area contributed by atoms with E-state index in [1.165, 1.54) is 25.9 Å². The van der Waals surface area contributed by atoms with E-state index >= 15 is 0 Å². The zero-order valence-electron chi connectivity index (χ0n) is 22.9. The van der Waals surface area contributed by atoms with Crippen molar-refractivity contribution in [2.75, 3.05) is 27.9 Å². The minimum absolute atomic E-state index is 0.0203. The first-order chi connectivity index (χ1) is 19.3. The van der Waals surface area contributed by atoms with Gasteiger partial charge in [-0.15, -0.1) is 0 Å². The summed E-state index contributed by atoms with van der Waals surface area (Å²) in [5.41, 5.74) is 1.42. The molecule has 208 valence electrons. The molecule has 0 saturated carbocycles. The summed E-state index contributed by atoms with van der Waals surface area (Å²) in [4.78, 5) is 51.3. The Bertz CT molecular complexity index is 1670. The molecule has 0 aliphatic carbocycles. The van der Waals surface area contributed by atoms with Crippen LogP contribution in [0.1, 0.15) is 45.2 Å². The molecule has 0 aliphatic rings. The summed E-state index contributed by atoms with van der Waals surface area (Å²) in [6, 6.07) is 14.8. The largest absolute Gasteiger partial charge is 0.496 e. The minimum atomic E-state index is -0.562. The predicted octanol–water partition coefficient (Wildman–Crippen LogP) is 3.24. The summed E-state index contributed by atoms with van der Waals surface area (Å²) < 4.78 is 18.9. The minimum Gasteiger partial charge on any atom is -0.496 e. The Morgan fingerprint density at radius 3 is 2.15 bits per heavy atom. The highest BCUT2D eigenvalue weighted by atomic mass is 16.5. The number of carbonyl (C=O) groups excluding carboxylic acids is 2. The van der Waals surface area contributed by atoms with Crippen molar-refractivity contribution < 1.29 is 23.8 Å². The summed E-state index contributed by atoms with van der Waals surface area (Å²) in [6.45, 7) is 2.54. The zero-order chi connectivity index (χ0) is 28.8. The number of hydrogen-bond acceptors (Lipinski definition) is 7. The number of aldehydes is 1. The highest BCUT2D eigenvalue weighted by molar-refractivity contribution is 5.94. The Balaban J connectivity index is 1.87. The summed E-state index contributed by atoms with van der Waals surface area (Å²) in [5.74, 6) is 0.990. The number of methoxy groups -OCH3 is 3. The normalized spacial score (nSPS) is 10.8. The summed E-state index contributed by atoms with van der Waals surface area (Å²) in [6.07, 6.45) is 1.54. The number of fused-ring (bicyclic) bond motifs is 1. The van der Waals surface area contributed by atoms with Gasteiger partial charge in [0, 0.05) is 29.3 Å². The number of aromatic nitrogens is 2. The second-order valence-electron chi connectivity index (χ2n) is 9.13. The second kappa shape index (κ2) is 12.3. The number of benzene rings is 3. The molecule has 0 fully saturated rings. The van der Waals surface area contributed by atoms with Crippen LogP contribution in [-0.2, 0) is 13.1 Å². The van der Waals surface area contributed by atoms with Gasteiger partial charge in [-0.3, -0.25) is 23.5 Å². The zero-order valence-corrected chi connectivity index (χ0v) is 22.9. The number of rotatable bonds is 11. The molecule has 1 amide bonds. The van der Waals surface area contributed by atoms with Crippen LogP contribution >= 0.6 is 0 Å². The molecule has 0 atom stereocenters. The monoisotopic (exact) mass is 545 g/mol. The third-order valence-electron chi connectivity index (χ3n) is 6.59. The molecule has 10 heteroatoms. The molecule has 4 aromatic rings. The van der Waals surface area contributed by atoms with Crippen molar-refractivity contribution in [3.05, 3.63) is 97.7 Å². The number of nitrogens with zero attached hydrogens (tertiary/aromatic N) is 2. The number of nitrogens with one attached hydrogen (secondary N) is 1. The van der Waals surface area contributed by atoms with Gasteiger partial charge in [0.05, 0.1) is 45.3 Å². The topological polar surface area (TPSA) is 118 Å². The van der Waals surface area contributed by atoms with Crippen molar-refractivity contribution in [2.45, 2.75) is 26.4 Å². The number of ether oxygens (including phenoxy) is 3. The van der Waals surface area contributed by atoms with Crippen LogP contribution < -0.4 is 30.8 Å². The lowest BCUT2D eigenvalue weighted by atomic mass is 10.1. The van der Waals surface area contributed by atoms with Gasteiger partial charge in [-0.1, -0.05) is 19.1 Å². The Morgan fingerprint density at radius 2 is 1.52 bits per heavy atom. The maximum atomic E-state index is 13.9. The fourth-order valence-electron chi connectivity index (χ4n) is 4.49. The van der Waals surface area contributed by atoms with Crippen LogP contribution in [0.2, 0.25) is 0 Å². The van der Waals surface area contributed by atoms with Crippen molar-refractivity contribution in [1.82, 2.24) is 14.5 Å². The smallest absolute Gasteiger partial charge is 0.332 e. The average molecular weight is 546 g/mol. The molecule has 3 aromatic carbocycles. The van der Waals surface area contributed by atoms with Gasteiger partial charge in [-0.05, 0) is 48.4 Å². The third-order valence-corrected chi connectivity index (χ3v) is 6.59. The van der Waals surface area contributed by atoms with E-state index in [1.54, 1.807) is 54.6 Å². The van der Waals surface area contributed by atoms with E-state index in [0.717, 1.165) is 11.0 Å². The van der Waals surface area contributed by atoms with Crippen LogP contribution in [0.5, 0.6) is 17.2 Å². The molecule has 0 aliphatic heterocycles. The number of hydrogen-bond donors (Lipinski definition) is 1. The van der Waals surface area contributed by atoms with Crippen LogP contribution in [0.4, 0.5) is 0 Å². The van der Waals surface area contributed by atoms with Gasteiger partial charge in [0.25, 0.3) is 11.5 Å². The third kappa shape index (κ3) is 5.61. The van der Waals surface area contributed by atoms with E-state index in [-0.39, 0.29) is 24.4 Å². The van der Waals surface area contributed by atoms with Crippen molar-refractivity contribution in [3.63, 3.8) is 0 Å². The highest BCUT2D eigenvalue weighted by Gasteiger charge is 2.19. The maximum absolute atomic E-state index is 13.9. The van der Waals surface area contributed by atoms with Crippen LogP contribution in [0.15, 0.2) is 64.2 Å². The lowest BCUT2D eigenvalue weighted by Crippen LogP contribution is -2.40. The van der Waals surface area contributed by atoms with Gasteiger partial charge in [0.2, 0.25) is 0 Å². The summed E-state index contributed by atoms with van der Waals surface area (Å²) in [7, 11) is 4.43. The Labute approximate surface area is 230 Å². The van der Waals surface area contributed by atoms with Gasteiger partial charge in [-0.25, -0.2) is 4.79 Å². The van der Waals surface area contributed by atoms with Gasteiger partial charge in [0.1, 0.15) is 12.0 Å². The quantitative estimate of drug-likeness (QED) is 0.288. The molecule has 0 unspecified atom stereocenters. The molecule has 0 bridgehead atoms. The number of carbonyl (C=O) groups is 2. The van der Waals surface area contributed by atoms with Crippen LogP contribution in [-0.4, -0.2) is 49.2 Å². The van der Waals surface area contributed by atoms with E-state index < -0.39 is 11.2 Å². The molecular weight excluding hydrogens is 514 g/mol. The summed E-state index contributed by atoms with van der Waals surface area (Å²) in [5, 5.41) is 3.07. The van der Waals surface area contributed by atoms with E-state index in [9.17, 15) is 19.2 Å². The van der Waals surface area contributed by atoms with Crippen molar-refractivity contribution in [1.29, 1.82) is 0 Å². The van der Waals surface area contributed by atoms with Gasteiger partial charge in [-0.2, -0.15) is 0 Å². The first-order valence-electron chi connectivity index (χ1n) is 12.7. The Morgan fingerprint density at radius 1 is 0.850 bits per heavy atom. The predicted molar refractivity (Wildman–Crippen MR) is 151 cm³/mol. The SMILES string of the molecule is CCCNC(=O)c1ccc(Cn2c(=O)c3cc(OC)c(OC)cc3n(Cc3cc(C=O)ccc3OC)c2=O)cc1. The molecule has 1 N–H and O–H groups in total. The first-order valence-corrected chi connectivity index (χ1v) is 12.7. The lowest BCUT2D eigenvalue weighted by molar-refractivity contribution is 0.0953. The molecule has 4 rings (SSSR count). The van der Waals surface area contributed by atoms with Gasteiger partial charge < -0.3 is 19.5 Å². The van der Waals surface area contributed by atoms with E-state index in [2.05, 4.69) is 5.32 Å². The molecule has 10 nitrogen and oxygen atoms in total. The molecule has 0 radical (unpaired) electrons. The van der Waals surface area contributed by atoms with E-state index in [0.29, 0.717) is 57.8 Å². The molecule has 0 spiro atoms. The second-order valence-corrected chi connectivity index (χ2v) is 9.13. The van der Waals surface area contributed by atoms with Crippen molar-refractivity contribution in [2.24, 2.45) is 0 Å². The standard InChI is InChI=1S/C30H31N3O7/c1-5-12-31-28(35)21-9-6-19(7-10-21)16-33-29(36)23-14-26(39-3)27(40-4)15-24(23)32(30(33)37)17-22-13-20(18-34)8-11-25(22)38-2/h6-11,13-15,18H,5,12,16-17H2,1-4H3,(H,31,35). The number of amides is 1. The maximum Gasteiger partial charge on any atom is 0.332 e. The lowest BCUT2D eigenvalue weighted by Gasteiger charge is -2.18. The molecule has 1 aromatic heterocycles. The van der Waals surface area contributed by atoms with Crippen molar-refractivity contribution >= 4 is 23.1 Å². The molecule has 40 heavy (non-hydrogen) atoms. The van der Waals surface area contributed by atoms with Crippen LogP contribution in [0, 0.1) is 0 Å². The van der Waals surface area contributed by atoms with E-state index in [4.69, 9.17) is 14.2 Å². The average Bonchev–Trinajstić information content (AvgIpc) is 2.99. The fraction of sp³-hybridized carbons (Fsp3) is 0.267.